The smallest absolute Gasteiger partial charge is 0.339 e. The summed E-state index contributed by atoms with van der Waals surface area (Å²) in [6.45, 7) is 0. The Balaban J connectivity index is 2.12. The Kier molecular flexibility index (Phi) is 3.34. The second kappa shape index (κ2) is 5.17. The minimum atomic E-state index is -1.12. The number of hydrogen-bond acceptors (Lipinski definition) is 3. The third-order valence-electron chi connectivity index (χ3n) is 2.84. The van der Waals surface area contributed by atoms with Gasteiger partial charge in [-0.2, -0.15) is 5.10 Å². The molecule has 0 atom stereocenters. The number of halogens is 2. The lowest BCUT2D eigenvalue weighted by Gasteiger charge is -1.99. The topological polar surface area (TPSA) is 68.3 Å². The van der Waals surface area contributed by atoms with Crippen molar-refractivity contribution in [3.8, 4) is 17.1 Å². The molecule has 5 nitrogen and oxygen atoms in total. The van der Waals surface area contributed by atoms with Gasteiger partial charge in [-0.3, -0.25) is 0 Å². The third kappa shape index (κ3) is 2.59. The Morgan fingerprint density at radius 1 is 1.24 bits per heavy atom. The van der Waals surface area contributed by atoms with Crippen molar-refractivity contribution < 1.29 is 18.7 Å². The lowest BCUT2D eigenvalue weighted by atomic mass is 10.2. The van der Waals surface area contributed by atoms with E-state index in [1.54, 1.807) is 12.1 Å². The van der Waals surface area contributed by atoms with Gasteiger partial charge in [-0.1, -0.05) is 0 Å². The molecule has 0 spiro atoms. The Morgan fingerprint density at radius 2 is 1.95 bits per heavy atom. The highest BCUT2D eigenvalue weighted by Crippen LogP contribution is 2.27. The van der Waals surface area contributed by atoms with Crippen LogP contribution in [0.4, 0.5) is 4.39 Å². The van der Waals surface area contributed by atoms with Crippen molar-refractivity contribution in [1.29, 1.82) is 0 Å². The van der Waals surface area contributed by atoms with Gasteiger partial charge in [0.05, 0.1) is 5.69 Å². The quantitative estimate of drug-likeness (QED) is 0.781. The van der Waals surface area contributed by atoms with Crippen LogP contribution in [-0.2, 0) is 0 Å². The minimum Gasteiger partial charge on any atom is -0.478 e. The van der Waals surface area contributed by atoms with Crippen LogP contribution in [0.15, 0.2) is 51.7 Å². The molecule has 0 fully saturated rings. The average Bonchev–Trinajstić information content (AvgIpc) is 3.05. The first-order chi connectivity index (χ1) is 10.0. The fourth-order valence-electron chi connectivity index (χ4n) is 1.88. The number of aromatic nitrogens is 2. The Hall–Kier alpha value is -2.41. The Morgan fingerprint density at radius 3 is 2.52 bits per heavy atom. The van der Waals surface area contributed by atoms with Crippen LogP contribution in [0.3, 0.4) is 0 Å². The van der Waals surface area contributed by atoms with Crippen LogP contribution in [0.5, 0.6) is 0 Å². The molecule has 1 N–H and O–H groups in total. The number of furan rings is 1. The number of carbonyl (C=O) groups is 1. The first kappa shape index (κ1) is 13.6. The van der Waals surface area contributed by atoms with Gasteiger partial charge >= 0.3 is 5.97 Å². The largest absolute Gasteiger partial charge is 0.478 e. The van der Waals surface area contributed by atoms with Gasteiger partial charge in [0.1, 0.15) is 17.1 Å². The zero-order valence-electron chi connectivity index (χ0n) is 10.5. The predicted octanol–water partition coefficient (Wildman–Crippen LogP) is 3.73. The summed E-state index contributed by atoms with van der Waals surface area (Å²) in [4.78, 5) is 11.3. The zero-order valence-corrected chi connectivity index (χ0v) is 12.0. The van der Waals surface area contributed by atoms with Crippen molar-refractivity contribution >= 4 is 21.9 Å². The van der Waals surface area contributed by atoms with Crippen LogP contribution in [0.25, 0.3) is 17.1 Å². The molecule has 1 aromatic carbocycles. The van der Waals surface area contributed by atoms with Crippen molar-refractivity contribution in [2.24, 2.45) is 0 Å². The molecule has 0 amide bonds. The normalized spacial score (nSPS) is 10.8. The number of rotatable bonds is 3. The highest BCUT2D eigenvalue weighted by molar-refractivity contribution is 9.10. The van der Waals surface area contributed by atoms with E-state index in [9.17, 15) is 14.3 Å². The van der Waals surface area contributed by atoms with E-state index >= 15 is 0 Å². The van der Waals surface area contributed by atoms with Gasteiger partial charge in [0.2, 0.25) is 0 Å². The molecule has 2 aromatic heterocycles. The molecule has 0 radical (unpaired) electrons. The maximum absolute atomic E-state index is 12.9. The summed E-state index contributed by atoms with van der Waals surface area (Å²) in [7, 11) is 0. The predicted molar refractivity (Wildman–Crippen MR) is 75.9 cm³/mol. The number of hydrogen-bond donors (Lipinski definition) is 1. The van der Waals surface area contributed by atoms with E-state index in [1.165, 1.54) is 35.1 Å². The van der Waals surface area contributed by atoms with E-state index in [0.29, 0.717) is 16.1 Å². The van der Waals surface area contributed by atoms with Crippen molar-refractivity contribution in [2.45, 2.75) is 0 Å². The molecular weight excluding hydrogens is 343 g/mol. The molecule has 0 saturated heterocycles. The van der Waals surface area contributed by atoms with E-state index in [1.807, 2.05) is 0 Å². The lowest BCUT2D eigenvalue weighted by molar-refractivity contribution is 0.0697. The molecule has 2 heterocycles. The van der Waals surface area contributed by atoms with E-state index in [-0.39, 0.29) is 17.1 Å². The maximum Gasteiger partial charge on any atom is 0.339 e. The number of carboxylic acids is 1. The Labute approximate surface area is 126 Å². The van der Waals surface area contributed by atoms with Gasteiger partial charge in [-0.15, -0.1) is 0 Å². The summed E-state index contributed by atoms with van der Waals surface area (Å²) in [5, 5.41) is 13.5. The second-order valence-corrected chi connectivity index (χ2v) is 5.00. The first-order valence-corrected chi connectivity index (χ1v) is 6.68. The summed E-state index contributed by atoms with van der Waals surface area (Å²) in [5.41, 5.74) is 0.759. The molecule has 0 aliphatic heterocycles. The molecule has 0 saturated carbocycles. The van der Waals surface area contributed by atoms with Crippen molar-refractivity contribution in [3.05, 3.63) is 58.6 Å². The van der Waals surface area contributed by atoms with Gasteiger partial charge in [0.15, 0.2) is 10.4 Å². The fraction of sp³-hybridized carbons (Fsp3) is 0. The SMILES string of the molecule is O=C(O)c1cn(-c2ccc(F)cc2)nc1-c1ccc(Br)o1. The van der Waals surface area contributed by atoms with Gasteiger partial charge in [-0.05, 0) is 52.3 Å². The van der Waals surface area contributed by atoms with Crippen LogP contribution in [-0.4, -0.2) is 20.9 Å². The molecule has 21 heavy (non-hydrogen) atoms. The number of benzene rings is 1. The molecule has 0 aliphatic carbocycles. The summed E-state index contributed by atoms with van der Waals surface area (Å²) < 4.78 is 20.1. The molecule has 3 rings (SSSR count). The van der Waals surface area contributed by atoms with Gasteiger partial charge in [0.25, 0.3) is 0 Å². The van der Waals surface area contributed by atoms with Crippen LogP contribution in [0, 0.1) is 5.82 Å². The number of carboxylic acid groups (broad SMARTS) is 1. The van der Waals surface area contributed by atoms with Crippen molar-refractivity contribution in [2.75, 3.05) is 0 Å². The van der Waals surface area contributed by atoms with Crippen LogP contribution < -0.4 is 0 Å². The molecule has 7 heteroatoms. The van der Waals surface area contributed by atoms with Crippen LogP contribution in [0.2, 0.25) is 0 Å². The van der Waals surface area contributed by atoms with Crippen molar-refractivity contribution in [1.82, 2.24) is 9.78 Å². The lowest BCUT2D eigenvalue weighted by Crippen LogP contribution is -1.96. The van der Waals surface area contributed by atoms with Gasteiger partial charge in [-0.25, -0.2) is 13.9 Å². The van der Waals surface area contributed by atoms with Gasteiger partial charge < -0.3 is 9.52 Å². The number of aromatic carboxylic acids is 1. The highest BCUT2D eigenvalue weighted by atomic mass is 79.9. The fourth-order valence-corrected chi connectivity index (χ4v) is 2.19. The molecule has 0 unspecified atom stereocenters. The van der Waals surface area contributed by atoms with Crippen LogP contribution in [0.1, 0.15) is 10.4 Å². The molecular formula is C14H8BrFN2O3. The third-order valence-corrected chi connectivity index (χ3v) is 3.27. The van der Waals surface area contributed by atoms with E-state index in [0.717, 1.165) is 0 Å². The van der Waals surface area contributed by atoms with E-state index < -0.39 is 5.97 Å². The van der Waals surface area contributed by atoms with E-state index in [4.69, 9.17) is 4.42 Å². The summed E-state index contributed by atoms with van der Waals surface area (Å²) in [5.74, 6) is -1.16. The highest BCUT2D eigenvalue weighted by Gasteiger charge is 2.20. The Bertz CT molecular complexity index is 808. The molecule has 3 aromatic rings. The summed E-state index contributed by atoms with van der Waals surface area (Å²) in [6, 6.07) is 8.85. The zero-order chi connectivity index (χ0) is 15.0. The van der Waals surface area contributed by atoms with Crippen LogP contribution >= 0.6 is 15.9 Å². The molecule has 106 valence electrons. The van der Waals surface area contributed by atoms with E-state index in [2.05, 4.69) is 21.0 Å². The number of nitrogens with zero attached hydrogens (tertiary/aromatic N) is 2. The summed E-state index contributed by atoms with van der Waals surface area (Å²) in [6.07, 6.45) is 1.36. The summed E-state index contributed by atoms with van der Waals surface area (Å²) >= 11 is 3.16. The van der Waals surface area contributed by atoms with Gasteiger partial charge in [0, 0.05) is 6.20 Å². The molecule has 0 bridgehead atoms. The van der Waals surface area contributed by atoms with Crippen molar-refractivity contribution in [3.63, 3.8) is 0 Å². The standard InChI is InChI=1S/C14H8BrFN2O3/c15-12-6-5-11(21-12)13-10(14(19)20)7-18(17-13)9-3-1-8(16)2-4-9/h1-7H,(H,19,20). The monoisotopic (exact) mass is 350 g/mol. The average molecular weight is 351 g/mol. The molecule has 0 aliphatic rings. The maximum atomic E-state index is 12.9. The minimum absolute atomic E-state index is 0.00109. The first-order valence-electron chi connectivity index (χ1n) is 5.89. The second-order valence-electron chi connectivity index (χ2n) is 4.22.